The fourth-order valence-electron chi connectivity index (χ4n) is 1.39. The summed E-state index contributed by atoms with van der Waals surface area (Å²) in [5.41, 5.74) is 0.314. The molecule has 0 aliphatic heterocycles. The lowest BCUT2D eigenvalue weighted by molar-refractivity contribution is 0.252. The number of hydrogen-bond donors (Lipinski definition) is 2. The molecule has 0 saturated heterocycles. The number of carbonyl (C=O) groups is 1. The number of hydrogen-bond acceptors (Lipinski definition) is 4. The van der Waals surface area contributed by atoms with Crippen molar-refractivity contribution < 1.29 is 17.9 Å². The molecule has 0 aromatic heterocycles. The van der Waals surface area contributed by atoms with E-state index in [1.807, 2.05) is 0 Å². The van der Waals surface area contributed by atoms with E-state index >= 15 is 0 Å². The molecule has 1 rings (SSSR count). The third-order valence-corrected chi connectivity index (χ3v) is 3.44. The molecule has 0 spiro atoms. The predicted octanol–water partition coefficient (Wildman–Crippen LogP) is 2.15. The van der Waals surface area contributed by atoms with Crippen LogP contribution in [0.4, 0.5) is 10.5 Å². The van der Waals surface area contributed by atoms with Gasteiger partial charge in [0.1, 0.15) is 10.6 Å². The largest absolute Gasteiger partial charge is 0.492 e. The van der Waals surface area contributed by atoms with Crippen LogP contribution in [0, 0.1) is 0 Å². The van der Waals surface area contributed by atoms with Crippen LogP contribution in [0.3, 0.4) is 0 Å². The van der Waals surface area contributed by atoms with Gasteiger partial charge in [-0.05, 0) is 32.0 Å². The molecule has 2 amide bonds. The van der Waals surface area contributed by atoms with Gasteiger partial charge >= 0.3 is 6.03 Å². The number of halogens is 1. The molecule has 0 radical (unpaired) electrons. The minimum Gasteiger partial charge on any atom is -0.492 e. The summed E-state index contributed by atoms with van der Waals surface area (Å²) in [6, 6.07) is 3.80. The molecule has 0 aliphatic rings. The summed E-state index contributed by atoms with van der Waals surface area (Å²) >= 11 is 0. The summed E-state index contributed by atoms with van der Waals surface area (Å²) in [5, 5.41) is 5.02. The van der Waals surface area contributed by atoms with Crippen LogP contribution in [0.2, 0.25) is 0 Å². The quantitative estimate of drug-likeness (QED) is 0.816. The fraction of sp³-hybridized carbons (Fsp3) is 0.364. The SMILES string of the molecule is CCNC(=O)Nc1ccc(OCC)c(S(=O)(=O)Cl)c1. The number of nitrogens with one attached hydrogen (secondary N) is 2. The maximum Gasteiger partial charge on any atom is 0.319 e. The Morgan fingerprint density at radius 3 is 2.58 bits per heavy atom. The predicted molar refractivity (Wildman–Crippen MR) is 73.3 cm³/mol. The molecular weight excluding hydrogens is 292 g/mol. The summed E-state index contributed by atoms with van der Waals surface area (Å²) in [7, 11) is 1.38. The number of anilines is 1. The lowest BCUT2D eigenvalue weighted by atomic mass is 10.3. The molecule has 2 N–H and O–H groups in total. The normalized spacial score (nSPS) is 10.9. The molecule has 106 valence electrons. The molecule has 8 heteroatoms. The highest BCUT2D eigenvalue weighted by Crippen LogP contribution is 2.29. The van der Waals surface area contributed by atoms with E-state index in [4.69, 9.17) is 15.4 Å². The number of ether oxygens (including phenoxy) is 1. The van der Waals surface area contributed by atoms with E-state index in [0.29, 0.717) is 18.8 Å². The molecule has 1 aromatic carbocycles. The first kappa shape index (κ1) is 15.6. The molecular formula is C11H15ClN2O4S. The van der Waals surface area contributed by atoms with Gasteiger partial charge in [-0.2, -0.15) is 0 Å². The standard InChI is InChI=1S/C11H15ClN2O4S/c1-3-13-11(15)14-8-5-6-9(18-4-2)10(7-8)19(12,16)17/h5-7H,3-4H2,1-2H3,(H2,13,14,15). The average Bonchev–Trinajstić information content (AvgIpc) is 2.30. The van der Waals surface area contributed by atoms with Crippen LogP contribution >= 0.6 is 10.7 Å². The van der Waals surface area contributed by atoms with E-state index in [-0.39, 0.29) is 10.6 Å². The van der Waals surface area contributed by atoms with Gasteiger partial charge in [-0.15, -0.1) is 0 Å². The zero-order valence-electron chi connectivity index (χ0n) is 10.6. The van der Waals surface area contributed by atoms with E-state index in [2.05, 4.69) is 10.6 Å². The first-order chi connectivity index (χ1) is 8.88. The maximum absolute atomic E-state index is 11.4. The summed E-state index contributed by atoms with van der Waals surface area (Å²) < 4.78 is 28.1. The van der Waals surface area contributed by atoms with Gasteiger partial charge in [0.25, 0.3) is 9.05 Å². The van der Waals surface area contributed by atoms with Crippen molar-refractivity contribution in [2.45, 2.75) is 18.7 Å². The Kier molecular flexibility index (Phi) is 5.44. The van der Waals surface area contributed by atoms with Crippen LogP contribution in [0.5, 0.6) is 5.75 Å². The molecule has 0 aliphatic carbocycles. The van der Waals surface area contributed by atoms with Crippen molar-refractivity contribution >= 4 is 31.5 Å². The fourth-order valence-corrected chi connectivity index (χ4v) is 2.38. The van der Waals surface area contributed by atoms with Gasteiger partial charge in [0.15, 0.2) is 0 Å². The van der Waals surface area contributed by atoms with E-state index in [9.17, 15) is 13.2 Å². The van der Waals surface area contributed by atoms with E-state index in [0.717, 1.165) is 0 Å². The molecule has 0 saturated carbocycles. The zero-order chi connectivity index (χ0) is 14.5. The van der Waals surface area contributed by atoms with E-state index < -0.39 is 15.1 Å². The number of rotatable bonds is 5. The summed E-state index contributed by atoms with van der Waals surface area (Å²) in [6.45, 7) is 4.27. The van der Waals surface area contributed by atoms with Gasteiger partial charge in [0.2, 0.25) is 0 Å². The highest BCUT2D eigenvalue weighted by molar-refractivity contribution is 8.13. The van der Waals surface area contributed by atoms with Crippen molar-refractivity contribution in [3.8, 4) is 5.75 Å². The molecule has 6 nitrogen and oxygen atoms in total. The van der Waals surface area contributed by atoms with Crippen LogP contribution in [-0.2, 0) is 9.05 Å². The number of amides is 2. The Morgan fingerprint density at radius 1 is 1.37 bits per heavy atom. The molecule has 0 unspecified atom stereocenters. The second-order valence-electron chi connectivity index (χ2n) is 3.52. The van der Waals surface area contributed by atoms with E-state index in [1.165, 1.54) is 18.2 Å². The van der Waals surface area contributed by atoms with Crippen LogP contribution < -0.4 is 15.4 Å². The van der Waals surface area contributed by atoms with Crippen LogP contribution in [0.1, 0.15) is 13.8 Å². The Balaban J connectivity index is 3.08. The van der Waals surface area contributed by atoms with Crippen molar-refractivity contribution in [2.75, 3.05) is 18.5 Å². The Morgan fingerprint density at radius 2 is 2.05 bits per heavy atom. The van der Waals surface area contributed by atoms with Gasteiger partial charge in [-0.25, -0.2) is 13.2 Å². The average molecular weight is 307 g/mol. The number of carbonyl (C=O) groups excluding carboxylic acids is 1. The van der Waals surface area contributed by atoms with Crippen molar-refractivity contribution in [3.63, 3.8) is 0 Å². The Labute approximate surface area is 116 Å². The van der Waals surface area contributed by atoms with Gasteiger partial charge in [-0.1, -0.05) is 0 Å². The van der Waals surface area contributed by atoms with Gasteiger partial charge < -0.3 is 15.4 Å². The second kappa shape index (κ2) is 6.63. The number of benzene rings is 1. The van der Waals surface area contributed by atoms with Crippen LogP contribution in [0.25, 0.3) is 0 Å². The van der Waals surface area contributed by atoms with E-state index in [1.54, 1.807) is 13.8 Å². The second-order valence-corrected chi connectivity index (χ2v) is 6.05. The third kappa shape index (κ3) is 4.60. The maximum atomic E-state index is 11.4. The first-order valence-corrected chi connectivity index (χ1v) is 7.95. The number of urea groups is 1. The van der Waals surface area contributed by atoms with Gasteiger partial charge in [-0.3, -0.25) is 0 Å². The smallest absolute Gasteiger partial charge is 0.319 e. The van der Waals surface area contributed by atoms with Crippen molar-refractivity contribution in [1.82, 2.24) is 5.32 Å². The van der Waals surface area contributed by atoms with Crippen molar-refractivity contribution in [2.24, 2.45) is 0 Å². The highest BCUT2D eigenvalue weighted by Gasteiger charge is 2.18. The molecule has 0 fully saturated rings. The highest BCUT2D eigenvalue weighted by atomic mass is 35.7. The molecule has 1 aromatic rings. The minimum absolute atomic E-state index is 0.152. The lowest BCUT2D eigenvalue weighted by Crippen LogP contribution is -2.28. The Bertz CT molecular complexity index is 560. The van der Waals surface area contributed by atoms with Crippen LogP contribution in [-0.4, -0.2) is 27.6 Å². The summed E-state index contributed by atoms with van der Waals surface area (Å²) in [6.07, 6.45) is 0. The molecule has 0 atom stereocenters. The van der Waals surface area contributed by atoms with Crippen LogP contribution in [0.15, 0.2) is 23.1 Å². The molecule has 0 bridgehead atoms. The summed E-state index contributed by atoms with van der Waals surface area (Å²) in [4.78, 5) is 11.2. The van der Waals surface area contributed by atoms with Gasteiger partial charge in [0.05, 0.1) is 6.61 Å². The topological polar surface area (TPSA) is 84.5 Å². The zero-order valence-corrected chi connectivity index (χ0v) is 12.1. The summed E-state index contributed by atoms with van der Waals surface area (Å²) in [5.74, 6) is 0.152. The molecule has 0 heterocycles. The van der Waals surface area contributed by atoms with Crippen molar-refractivity contribution in [1.29, 1.82) is 0 Å². The van der Waals surface area contributed by atoms with Gasteiger partial charge in [0, 0.05) is 22.9 Å². The Hall–Kier alpha value is -1.47. The monoisotopic (exact) mass is 306 g/mol. The third-order valence-electron chi connectivity index (χ3n) is 2.10. The lowest BCUT2D eigenvalue weighted by Gasteiger charge is -2.11. The minimum atomic E-state index is -3.95. The first-order valence-electron chi connectivity index (χ1n) is 5.64. The molecule has 19 heavy (non-hydrogen) atoms. The van der Waals surface area contributed by atoms with Crippen molar-refractivity contribution in [3.05, 3.63) is 18.2 Å².